The van der Waals surface area contributed by atoms with Crippen molar-refractivity contribution in [3.63, 3.8) is 0 Å². The molecule has 0 saturated heterocycles. The van der Waals surface area contributed by atoms with Gasteiger partial charge in [0.2, 0.25) is 0 Å². The van der Waals surface area contributed by atoms with Crippen LogP contribution in [0.1, 0.15) is 29.8 Å². The number of halogens is 1. The summed E-state index contributed by atoms with van der Waals surface area (Å²) >= 11 is 0. The highest BCUT2D eigenvalue weighted by atomic mass is 19.1. The Balaban J connectivity index is 2.01. The predicted octanol–water partition coefficient (Wildman–Crippen LogP) is 3.43. The molecule has 0 saturated carbocycles. The van der Waals surface area contributed by atoms with Gasteiger partial charge in [0.15, 0.2) is 6.10 Å². The molecule has 0 aromatic heterocycles. The molecule has 2 aromatic carbocycles. The molecule has 5 nitrogen and oxygen atoms in total. The summed E-state index contributed by atoms with van der Waals surface area (Å²) in [4.78, 5) is 26.2. The summed E-state index contributed by atoms with van der Waals surface area (Å²) < 4.78 is 23.9. The highest BCUT2D eigenvalue weighted by Gasteiger charge is 2.24. The zero-order chi connectivity index (χ0) is 19.1. The molecule has 1 amide bonds. The van der Waals surface area contributed by atoms with Crippen molar-refractivity contribution in [1.29, 1.82) is 0 Å². The number of likely N-dealkylation sites (N-methyl/N-ethyl adjacent to an activating group) is 1. The Labute approximate surface area is 152 Å². The molecular formula is C20H22FNO4. The number of nitrogens with zero attached hydrogens (tertiary/aromatic N) is 1. The number of rotatable bonds is 7. The molecule has 0 aliphatic rings. The van der Waals surface area contributed by atoms with Crippen LogP contribution in [0.15, 0.2) is 48.5 Å². The Kier molecular flexibility index (Phi) is 6.72. The first-order valence-electron chi connectivity index (χ1n) is 8.34. The Hall–Kier alpha value is -2.89. The lowest BCUT2D eigenvalue weighted by atomic mass is 10.2. The maximum absolute atomic E-state index is 13.3. The van der Waals surface area contributed by atoms with E-state index in [1.807, 2.05) is 6.92 Å². The van der Waals surface area contributed by atoms with E-state index in [9.17, 15) is 14.0 Å². The number of ether oxygens (including phenoxy) is 2. The lowest BCUT2D eigenvalue weighted by molar-refractivity contribution is -0.139. The molecule has 138 valence electrons. The molecule has 0 heterocycles. The Morgan fingerprint density at radius 3 is 2.58 bits per heavy atom. The van der Waals surface area contributed by atoms with E-state index < -0.39 is 12.1 Å². The fourth-order valence-electron chi connectivity index (χ4n) is 2.49. The summed E-state index contributed by atoms with van der Waals surface area (Å²) in [6.07, 6.45) is -0.976. The predicted molar refractivity (Wildman–Crippen MR) is 95.4 cm³/mol. The lowest BCUT2D eigenvalue weighted by Gasteiger charge is -2.22. The van der Waals surface area contributed by atoms with Gasteiger partial charge in [-0.3, -0.25) is 4.79 Å². The van der Waals surface area contributed by atoms with Crippen molar-refractivity contribution >= 4 is 11.9 Å². The van der Waals surface area contributed by atoms with Gasteiger partial charge in [-0.2, -0.15) is 0 Å². The third-order valence-corrected chi connectivity index (χ3v) is 3.72. The van der Waals surface area contributed by atoms with Crippen molar-refractivity contribution in [2.45, 2.75) is 26.5 Å². The van der Waals surface area contributed by atoms with Gasteiger partial charge in [0.1, 0.15) is 17.1 Å². The molecule has 0 bridgehead atoms. The first-order valence-corrected chi connectivity index (χ1v) is 8.34. The van der Waals surface area contributed by atoms with Crippen molar-refractivity contribution < 1.29 is 23.5 Å². The summed E-state index contributed by atoms with van der Waals surface area (Å²) in [7, 11) is 1.58. The number of esters is 1. The average Bonchev–Trinajstić information content (AvgIpc) is 2.61. The fraction of sp³-hybridized carbons (Fsp3) is 0.300. The topological polar surface area (TPSA) is 55.8 Å². The Bertz CT molecular complexity index is 778. The first kappa shape index (κ1) is 19.4. The SMILES string of the molecule is CCOc1ccccc1C(=O)OC(C)C(=O)N(C)Cc1cccc(F)c1. The van der Waals surface area contributed by atoms with Gasteiger partial charge in [-0.05, 0) is 43.7 Å². The molecule has 2 aromatic rings. The Morgan fingerprint density at radius 2 is 1.88 bits per heavy atom. The number of hydrogen-bond donors (Lipinski definition) is 0. The summed E-state index contributed by atoms with van der Waals surface area (Å²) in [5, 5.41) is 0. The van der Waals surface area contributed by atoms with Gasteiger partial charge in [0, 0.05) is 13.6 Å². The second-order valence-electron chi connectivity index (χ2n) is 5.80. The van der Waals surface area contributed by atoms with Crippen LogP contribution in [-0.2, 0) is 16.1 Å². The van der Waals surface area contributed by atoms with Gasteiger partial charge in [-0.25, -0.2) is 9.18 Å². The van der Waals surface area contributed by atoms with Crippen LogP contribution in [0.5, 0.6) is 5.75 Å². The zero-order valence-electron chi connectivity index (χ0n) is 15.1. The van der Waals surface area contributed by atoms with Gasteiger partial charge in [-0.15, -0.1) is 0 Å². The minimum Gasteiger partial charge on any atom is -0.493 e. The van der Waals surface area contributed by atoms with Crippen LogP contribution in [0.3, 0.4) is 0 Å². The standard InChI is InChI=1S/C20H22FNO4/c1-4-25-18-11-6-5-10-17(18)20(24)26-14(2)19(23)22(3)13-15-8-7-9-16(21)12-15/h5-12,14H,4,13H2,1-3H3. The van der Waals surface area contributed by atoms with E-state index in [0.29, 0.717) is 17.9 Å². The monoisotopic (exact) mass is 359 g/mol. The minimum atomic E-state index is -0.976. The number of para-hydroxylation sites is 1. The number of benzene rings is 2. The maximum Gasteiger partial charge on any atom is 0.342 e. The van der Waals surface area contributed by atoms with Crippen LogP contribution < -0.4 is 4.74 Å². The summed E-state index contributed by atoms with van der Waals surface area (Å²) in [6.45, 7) is 3.95. The molecule has 2 rings (SSSR count). The summed E-state index contributed by atoms with van der Waals surface area (Å²) in [5.41, 5.74) is 0.919. The number of amides is 1. The van der Waals surface area contributed by atoms with Gasteiger partial charge < -0.3 is 14.4 Å². The van der Waals surface area contributed by atoms with Gasteiger partial charge >= 0.3 is 5.97 Å². The normalized spacial score (nSPS) is 11.5. The second-order valence-corrected chi connectivity index (χ2v) is 5.80. The van der Waals surface area contributed by atoms with Crippen LogP contribution in [0.4, 0.5) is 4.39 Å². The van der Waals surface area contributed by atoms with Crippen molar-refractivity contribution in [3.05, 3.63) is 65.5 Å². The maximum atomic E-state index is 13.3. The fourth-order valence-corrected chi connectivity index (χ4v) is 2.49. The smallest absolute Gasteiger partial charge is 0.342 e. The van der Waals surface area contributed by atoms with Gasteiger partial charge in [0.25, 0.3) is 5.91 Å². The van der Waals surface area contributed by atoms with Crippen molar-refractivity contribution in [1.82, 2.24) is 4.90 Å². The molecule has 0 spiro atoms. The molecule has 0 radical (unpaired) electrons. The zero-order valence-corrected chi connectivity index (χ0v) is 15.1. The number of hydrogen-bond acceptors (Lipinski definition) is 4. The molecule has 1 unspecified atom stereocenters. The van der Waals surface area contributed by atoms with Crippen molar-refractivity contribution in [3.8, 4) is 5.75 Å². The molecule has 0 aliphatic heterocycles. The van der Waals surface area contributed by atoms with Crippen LogP contribution >= 0.6 is 0 Å². The summed E-state index contributed by atoms with van der Waals surface area (Å²) in [6, 6.07) is 12.7. The summed E-state index contributed by atoms with van der Waals surface area (Å²) in [5.74, 6) is -0.964. The van der Waals surface area contributed by atoms with Crippen LogP contribution in [0.2, 0.25) is 0 Å². The van der Waals surface area contributed by atoms with Gasteiger partial charge in [-0.1, -0.05) is 24.3 Å². The van der Waals surface area contributed by atoms with E-state index in [2.05, 4.69) is 0 Å². The van der Waals surface area contributed by atoms with Crippen LogP contribution in [0, 0.1) is 5.82 Å². The number of carbonyl (C=O) groups is 2. The van der Waals surface area contributed by atoms with Crippen molar-refractivity contribution in [2.24, 2.45) is 0 Å². The molecule has 1 atom stereocenters. The molecule has 0 N–H and O–H groups in total. The molecule has 6 heteroatoms. The third-order valence-electron chi connectivity index (χ3n) is 3.72. The molecular weight excluding hydrogens is 337 g/mol. The van der Waals surface area contributed by atoms with E-state index in [4.69, 9.17) is 9.47 Å². The second kappa shape index (κ2) is 8.99. The molecule has 0 aliphatic carbocycles. The van der Waals surface area contributed by atoms with E-state index in [0.717, 1.165) is 0 Å². The first-order chi connectivity index (χ1) is 12.4. The van der Waals surface area contributed by atoms with Gasteiger partial charge in [0.05, 0.1) is 6.61 Å². The van der Waals surface area contributed by atoms with Crippen LogP contribution in [-0.4, -0.2) is 36.5 Å². The third kappa shape index (κ3) is 5.05. The molecule has 26 heavy (non-hydrogen) atoms. The average molecular weight is 359 g/mol. The van der Waals surface area contributed by atoms with Crippen molar-refractivity contribution in [2.75, 3.05) is 13.7 Å². The lowest BCUT2D eigenvalue weighted by Crippen LogP contribution is -2.37. The minimum absolute atomic E-state index is 0.216. The quantitative estimate of drug-likeness (QED) is 0.711. The highest BCUT2D eigenvalue weighted by molar-refractivity contribution is 5.94. The highest BCUT2D eigenvalue weighted by Crippen LogP contribution is 2.20. The number of carbonyl (C=O) groups excluding carboxylic acids is 2. The van der Waals surface area contributed by atoms with E-state index >= 15 is 0 Å². The van der Waals surface area contributed by atoms with Crippen LogP contribution in [0.25, 0.3) is 0 Å². The largest absolute Gasteiger partial charge is 0.493 e. The van der Waals surface area contributed by atoms with E-state index in [-0.39, 0.29) is 23.8 Å². The van der Waals surface area contributed by atoms with E-state index in [1.54, 1.807) is 43.4 Å². The van der Waals surface area contributed by atoms with E-state index in [1.165, 1.54) is 24.0 Å². The molecule has 0 fully saturated rings. The Morgan fingerprint density at radius 1 is 1.15 bits per heavy atom.